The summed E-state index contributed by atoms with van der Waals surface area (Å²) < 4.78 is 11.7. The summed E-state index contributed by atoms with van der Waals surface area (Å²) in [6.07, 6.45) is 3.48. The first kappa shape index (κ1) is 14.4. The predicted octanol–water partition coefficient (Wildman–Crippen LogP) is 4.17. The van der Waals surface area contributed by atoms with Crippen molar-refractivity contribution < 1.29 is 9.15 Å². The number of hydrogen-bond acceptors (Lipinski definition) is 3. The third-order valence-electron chi connectivity index (χ3n) is 3.83. The number of rotatable bonds is 8. The summed E-state index contributed by atoms with van der Waals surface area (Å²) >= 11 is 0. The molecule has 0 aliphatic heterocycles. The maximum absolute atomic E-state index is 5.97. The summed E-state index contributed by atoms with van der Waals surface area (Å²) in [7, 11) is 0. The Morgan fingerprint density at radius 2 is 2.19 bits per heavy atom. The molecule has 1 saturated carbocycles. The van der Waals surface area contributed by atoms with Crippen LogP contribution in [-0.4, -0.2) is 12.6 Å². The highest BCUT2D eigenvalue weighted by atomic mass is 16.5. The number of ether oxygens (including phenoxy) is 1. The molecule has 112 valence electrons. The van der Waals surface area contributed by atoms with Crippen LogP contribution >= 0.6 is 0 Å². The fraction of sp³-hybridized carbons (Fsp3) is 0.444. The number of para-hydroxylation sites is 1. The first-order valence-corrected chi connectivity index (χ1v) is 7.69. The van der Waals surface area contributed by atoms with Gasteiger partial charge in [0.25, 0.3) is 0 Å². The van der Waals surface area contributed by atoms with Crippen molar-refractivity contribution in [2.75, 3.05) is 6.61 Å². The minimum atomic E-state index is 0.531. The van der Waals surface area contributed by atoms with Gasteiger partial charge in [0.05, 0.1) is 6.61 Å². The van der Waals surface area contributed by atoms with Crippen LogP contribution in [0.2, 0.25) is 0 Å². The number of hydrogen-bond donors (Lipinski definition) is 1. The van der Waals surface area contributed by atoms with Gasteiger partial charge in [0, 0.05) is 23.5 Å². The van der Waals surface area contributed by atoms with E-state index in [4.69, 9.17) is 9.15 Å². The highest BCUT2D eigenvalue weighted by Gasteiger charge is 2.22. The molecule has 21 heavy (non-hydrogen) atoms. The van der Waals surface area contributed by atoms with Gasteiger partial charge in [-0.3, -0.25) is 0 Å². The van der Waals surface area contributed by atoms with Crippen molar-refractivity contribution in [2.24, 2.45) is 0 Å². The van der Waals surface area contributed by atoms with E-state index in [1.54, 1.807) is 0 Å². The van der Waals surface area contributed by atoms with Gasteiger partial charge in [0.1, 0.15) is 18.0 Å². The van der Waals surface area contributed by atoms with Crippen LogP contribution in [0.3, 0.4) is 0 Å². The number of nitrogens with one attached hydrogen (secondary N) is 1. The highest BCUT2D eigenvalue weighted by molar-refractivity contribution is 5.82. The molecule has 1 aromatic carbocycles. The van der Waals surface area contributed by atoms with E-state index in [9.17, 15) is 0 Å². The molecule has 3 heteroatoms. The average Bonchev–Trinajstić information content (AvgIpc) is 3.23. The summed E-state index contributed by atoms with van der Waals surface area (Å²) in [5.41, 5.74) is 3.34. The van der Waals surface area contributed by atoms with Gasteiger partial charge >= 0.3 is 0 Å². The van der Waals surface area contributed by atoms with E-state index in [2.05, 4.69) is 24.0 Å². The second-order valence-corrected chi connectivity index (χ2v) is 5.91. The lowest BCUT2D eigenvalue weighted by Crippen LogP contribution is -2.16. The van der Waals surface area contributed by atoms with E-state index >= 15 is 0 Å². The highest BCUT2D eigenvalue weighted by Crippen LogP contribution is 2.28. The monoisotopic (exact) mass is 285 g/mol. The number of benzene rings is 1. The lowest BCUT2D eigenvalue weighted by Gasteiger charge is -2.06. The van der Waals surface area contributed by atoms with Crippen LogP contribution in [0.15, 0.2) is 40.8 Å². The summed E-state index contributed by atoms with van der Waals surface area (Å²) in [5, 5.41) is 4.77. The Labute approximate surface area is 126 Å². The molecule has 2 aromatic rings. The van der Waals surface area contributed by atoms with Gasteiger partial charge in [-0.15, -0.1) is 6.58 Å². The van der Waals surface area contributed by atoms with E-state index in [1.165, 1.54) is 23.8 Å². The molecule has 0 radical (unpaired) electrons. The normalized spacial score (nSPS) is 14.7. The third kappa shape index (κ3) is 3.74. The van der Waals surface area contributed by atoms with Crippen molar-refractivity contribution in [3.8, 4) is 0 Å². The molecule has 0 unspecified atom stereocenters. The summed E-state index contributed by atoms with van der Waals surface area (Å²) in [6.45, 7) is 8.01. The van der Waals surface area contributed by atoms with Crippen molar-refractivity contribution in [2.45, 2.75) is 45.4 Å². The molecule has 1 N–H and O–H groups in total. The lowest BCUT2D eigenvalue weighted by molar-refractivity contribution is 0.109. The van der Waals surface area contributed by atoms with Gasteiger partial charge in [-0.1, -0.05) is 23.8 Å². The Hall–Kier alpha value is -1.58. The van der Waals surface area contributed by atoms with Crippen LogP contribution in [0, 0.1) is 0 Å². The molecular formula is C18H23NO2. The van der Waals surface area contributed by atoms with Gasteiger partial charge in [0.2, 0.25) is 0 Å². The van der Waals surface area contributed by atoms with Crippen LogP contribution in [0.25, 0.3) is 11.0 Å². The Kier molecular flexibility index (Phi) is 4.42. The summed E-state index contributed by atoms with van der Waals surface area (Å²) in [4.78, 5) is 0. The van der Waals surface area contributed by atoms with Crippen LogP contribution < -0.4 is 5.32 Å². The quantitative estimate of drug-likeness (QED) is 0.584. The fourth-order valence-electron chi connectivity index (χ4n) is 2.40. The van der Waals surface area contributed by atoms with Crippen molar-refractivity contribution >= 4 is 11.0 Å². The van der Waals surface area contributed by atoms with Gasteiger partial charge in [0.15, 0.2) is 0 Å². The molecule has 1 aliphatic rings. The molecule has 1 aliphatic carbocycles. The topological polar surface area (TPSA) is 34.4 Å². The zero-order valence-corrected chi connectivity index (χ0v) is 12.7. The zero-order valence-electron chi connectivity index (χ0n) is 12.7. The number of furan rings is 1. The van der Waals surface area contributed by atoms with Gasteiger partial charge in [-0.05, 0) is 32.3 Å². The summed E-state index contributed by atoms with van der Waals surface area (Å²) in [5.74, 6) is 0.950. The minimum absolute atomic E-state index is 0.531. The van der Waals surface area contributed by atoms with Crippen LogP contribution in [-0.2, 0) is 17.9 Å². The van der Waals surface area contributed by atoms with Gasteiger partial charge in [-0.2, -0.15) is 0 Å². The molecular weight excluding hydrogens is 262 g/mol. The van der Waals surface area contributed by atoms with Gasteiger partial charge < -0.3 is 14.5 Å². The van der Waals surface area contributed by atoms with Crippen LogP contribution in [0.1, 0.15) is 37.5 Å². The Morgan fingerprint density at radius 3 is 2.95 bits per heavy atom. The molecule has 3 rings (SSSR count). The molecule has 0 atom stereocenters. The SMILES string of the molecule is C=C(C)CCOCc1oc2ccccc2c1CNC1CC1. The van der Waals surface area contributed by atoms with Crippen LogP contribution in [0.5, 0.6) is 0 Å². The van der Waals surface area contributed by atoms with Crippen molar-refractivity contribution in [3.63, 3.8) is 0 Å². The minimum Gasteiger partial charge on any atom is -0.458 e. The number of fused-ring (bicyclic) bond motifs is 1. The average molecular weight is 285 g/mol. The fourth-order valence-corrected chi connectivity index (χ4v) is 2.40. The largest absolute Gasteiger partial charge is 0.458 e. The van der Waals surface area contributed by atoms with Crippen molar-refractivity contribution in [1.82, 2.24) is 5.32 Å². The van der Waals surface area contributed by atoms with Crippen molar-refractivity contribution in [1.29, 1.82) is 0 Å². The van der Waals surface area contributed by atoms with Crippen molar-refractivity contribution in [3.05, 3.63) is 47.7 Å². The molecule has 0 spiro atoms. The zero-order chi connectivity index (χ0) is 14.7. The molecule has 1 aromatic heterocycles. The summed E-state index contributed by atoms with van der Waals surface area (Å²) in [6, 6.07) is 8.91. The van der Waals surface area contributed by atoms with E-state index in [1.807, 2.05) is 19.1 Å². The lowest BCUT2D eigenvalue weighted by atomic mass is 10.1. The van der Waals surface area contributed by atoms with Crippen LogP contribution in [0.4, 0.5) is 0 Å². The third-order valence-corrected chi connectivity index (χ3v) is 3.83. The Morgan fingerprint density at radius 1 is 1.38 bits per heavy atom. The second-order valence-electron chi connectivity index (χ2n) is 5.91. The predicted molar refractivity (Wildman–Crippen MR) is 85.2 cm³/mol. The standard InChI is InChI=1S/C18H23NO2/c1-13(2)9-10-20-12-18-16(11-19-14-7-8-14)15-5-3-4-6-17(15)21-18/h3-6,14,19H,1,7-12H2,2H3. The first-order valence-electron chi connectivity index (χ1n) is 7.69. The van der Waals surface area contributed by atoms with E-state index in [0.29, 0.717) is 19.3 Å². The Bertz CT molecular complexity index is 625. The molecule has 0 saturated heterocycles. The second kappa shape index (κ2) is 6.46. The molecule has 1 heterocycles. The van der Waals surface area contributed by atoms with E-state index < -0.39 is 0 Å². The maximum Gasteiger partial charge on any atom is 0.135 e. The molecule has 3 nitrogen and oxygen atoms in total. The maximum atomic E-state index is 5.97. The van der Waals surface area contributed by atoms with Gasteiger partial charge in [-0.25, -0.2) is 0 Å². The van der Waals surface area contributed by atoms with E-state index in [0.717, 1.165) is 29.9 Å². The van der Waals surface area contributed by atoms with E-state index in [-0.39, 0.29) is 0 Å². The molecule has 0 amide bonds. The Balaban J connectivity index is 1.71. The smallest absolute Gasteiger partial charge is 0.135 e. The molecule has 0 bridgehead atoms. The first-order chi connectivity index (χ1) is 10.2. The molecule has 1 fully saturated rings.